The molecule has 0 saturated heterocycles. The molecule has 1 saturated carbocycles. The number of unbranched alkanes of at least 4 members (excludes halogenated alkanes) is 1. The third-order valence-electron chi connectivity index (χ3n) is 5.29. The summed E-state index contributed by atoms with van der Waals surface area (Å²) in [5.41, 5.74) is 3.61. The Morgan fingerprint density at radius 2 is 1.90 bits per heavy atom. The zero-order valence-electron chi connectivity index (χ0n) is 17.1. The van der Waals surface area contributed by atoms with Crippen LogP contribution in [0.3, 0.4) is 0 Å². The molecule has 1 fully saturated rings. The zero-order valence-corrected chi connectivity index (χ0v) is 17.1. The average molecular weight is 408 g/mol. The Hall–Kier alpha value is -3.15. The fourth-order valence-electron chi connectivity index (χ4n) is 3.79. The lowest BCUT2D eigenvalue weighted by atomic mass is 9.96. The molecule has 1 aromatic carbocycles. The highest BCUT2D eigenvalue weighted by Crippen LogP contribution is 2.26. The summed E-state index contributed by atoms with van der Waals surface area (Å²) in [6, 6.07) is 11.6. The topological polar surface area (TPSA) is 91.3 Å². The van der Waals surface area contributed by atoms with Crippen molar-refractivity contribution >= 4 is 23.3 Å². The van der Waals surface area contributed by atoms with Crippen LogP contribution in [0.5, 0.6) is 0 Å². The number of nitrogens with one attached hydrogen (secondary N) is 2. The van der Waals surface area contributed by atoms with Gasteiger partial charge < -0.3 is 15.7 Å². The monoisotopic (exact) mass is 407 g/mol. The van der Waals surface area contributed by atoms with Crippen LogP contribution in [0.25, 0.3) is 5.57 Å². The molecule has 2 amide bonds. The van der Waals surface area contributed by atoms with Crippen molar-refractivity contribution in [1.29, 1.82) is 0 Å². The number of benzene rings is 1. The average Bonchev–Trinajstić information content (AvgIpc) is 2.75. The summed E-state index contributed by atoms with van der Waals surface area (Å²) in [4.78, 5) is 27.4. The Morgan fingerprint density at radius 1 is 1.10 bits per heavy atom. The van der Waals surface area contributed by atoms with Crippen LogP contribution in [0.2, 0.25) is 0 Å². The quantitative estimate of drug-likeness (QED) is 0.523. The smallest absolute Gasteiger partial charge is 0.319 e. The predicted molar refractivity (Wildman–Crippen MR) is 118 cm³/mol. The molecule has 1 aromatic heterocycles. The summed E-state index contributed by atoms with van der Waals surface area (Å²) >= 11 is 0. The van der Waals surface area contributed by atoms with Gasteiger partial charge in [0, 0.05) is 36.1 Å². The van der Waals surface area contributed by atoms with E-state index in [0.29, 0.717) is 12.8 Å². The fraction of sp³-hybridized carbons (Fsp3) is 0.375. The number of hydrogen-bond donors (Lipinski definition) is 3. The van der Waals surface area contributed by atoms with Crippen molar-refractivity contribution < 1.29 is 14.7 Å². The standard InChI is InChI=1S/C24H29N3O3/c28-23(29)14-5-4-13-22(19-9-7-15-25-17-19)18-8-6-12-21(16-18)27-24(30)26-20-10-2-1-3-11-20/h6-9,12-13,15-17,20H,1-5,10-11,14H2,(H,28,29)(H2,26,27,30)/b22-13-. The van der Waals surface area contributed by atoms with Gasteiger partial charge in [-0.05, 0) is 55.0 Å². The number of carbonyl (C=O) groups is 2. The normalized spacial score (nSPS) is 14.9. The first-order valence-electron chi connectivity index (χ1n) is 10.6. The third-order valence-corrected chi connectivity index (χ3v) is 5.29. The zero-order chi connectivity index (χ0) is 21.2. The van der Waals surface area contributed by atoms with E-state index in [1.54, 1.807) is 12.4 Å². The fourth-order valence-corrected chi connectivity index (χ4v) is 3.79. The van der Waals surface area contributed by atoms with Crippen molar-refractivity contribution in [2.45, 2.75) is 57.4 Å². The molecular weight excluding hydrogens is 378 g/mol. The van der Waals surface area contributed by atoms with Gasteiger partial charge in [0.25, 0.3) is 0 Å². The minimum Gasteiger partial charge on any atom is -0.481 e. The summed E-state index contributed by atoms with van der Waals surface area (Å²) in [6.45, 7) is 0. The second-order valence-corrected chi connectivity index (χ2v) is 7.66. The second kappa shape index (κ2) is 11.1. The van der Waals surface area contributed by atoms with Crippen LogP contribution in [0.4, 0.5) is 10.5 Å². The molecule has 3 N–H and O–H groups in total. The molecule has 0 bridgehead atoms. The summed E-state index contributed by atoms with van der Waals surface area (Å²) in [5.74, 6) is -0.790. The van der Waals surface area contributed by atoms with E-state index < -0.39 is 5.97 Å². The van der Waals surface area contributed by atoms with Gasteiger partial charge in [0.1, 0.15) is 0 Å². The van der Waals surface area contributed by atoms with E-state index in [2.05, 4.69) is 15.6 Å². The van der Waals surface area contributed by atoms with Crippen molar-refractivity contribution in [3.8, 4) is 0 Å². The van der Waals surface area contributed by atoms with E-state index >= 15 is 0 Å². The maximum absolute atomic E-state index is 12.4. The molecular formula is C24H29N3O3. The van der Waals surface area contributed by atoms with Crippen molar-refractivity contribution in [2.75, 3.05) is 5.32 Å². The molecule has 2 aromatic rings. The highest BCUT2D eigenvalue weighted by Gasteiger charge is 2.16. The second-order valence-electron chi connectivity index (χ2n) is 7.66. The number of pyridine rings is 1. The van der Waals surface area contributed by atoms with E-state index in [9.17, 15) is 9.59 Å². The minimum absolute atomic E-state index is 0.139. The van der Waals surface area contributed by atoms with E-state index in [4.69, 9.17) is 5.11 Å². The van der Waals surface area contributed by atoms with Crippen LogP contribution in [0, 0.1) is 0 Å². The lowest BCUT2D eigenvalue weighted by Crippen LogP contribution is -2.39. The number of anilines is 1. The molecule has 1 heterocycles. The molecule has 1 aliphatic carbocycles. The SMILES string of the molecule is O=C(O)CCC/C=C(\c1cccnc1)c1cccc(NC(=O)NC2CCCCC2)c1. The van der Waals surface area contributed by atoms with Crippen molar-refractivity contribution in [2.24, 2.45) is 0 Å². The Bertz CT molecular complexity index is 874. The number of aromatic nitrogens is 1. The minimum atomic E-state index is -0.790. The van der Waals surface area contributed by atoms with Crippen LogP contribution in [0.15, 0.2) is 54.9 Å². The van der Waals surface area contributed by atoms with Gasteiger partial charge >= 0.3 is 12.0 Å². The van der Waals surface area contributed by atoms with Gasteiger partial charge in [-0.1, -0.05) is 43.5 Å². The number of amides is 2. The van der Waals surface area contributed by atoms with Gasteiger partial charge in [0.05, 0.1) is 0 Å². The Labute approximate surface area is 177 Å². The summed E-state index contributed by atoms with van der Waals surface area (Å²) in [7, 11) is 0. The number of rotatable bonds is 8. The molecule has 158 valence electrons. The number of allylic oxidation sites excluding steroid dienone is 1. The molecule has 30 heavy (non-hydrogen) atoms. The first-order chi connectivity index (χ1) is 14.6. The Morgan fingerprint density at radius 3 is 2.63 bits per heavy atom. The number of hydrogen-bond acceptors (Lipinski definition) is 3. The van der Waals surface area contributed by atoms with Crippen LogP contribution in [-0.2, 0) is 4.79 Å². The van der Waals surface area contributed by atoms with Gasteiger partial charge in [0.2, 0.25) is 0 Å². The number of aliphatic carboxylic acids is 1. The van der Waals surface area contributed by atoms with Crippen molar-refractivity contribution in [3.63, 3.8) is 0 Å². The third kappa shape index (κ3) is 6.72. The molecule has 0 spiro atoms. The van der Waals surface area contributed by atoms with E-state index in [1.807, 2.05) is 42.5 Å². The van der Waals surface area contributed by atoms with Crippen LogP contribution in [-0.4, -0.2) is 28.1 Å². The number of carboxylic acids is 1. The highest BCUT2D eigenvalue weighted by molar-refractivity contribution is 5.90. The summed E-state index contributed by atoms with van der Waals surface area (Å²) < 4.78 is 0. The van der Waals surface area contributed by atoms with Crippen LogP contribution in [0.1, 0.15) is 62.5 Å². The van der Waals surface area contributed by atoms with Gasteiger partial charge in [-0.25, -0.2) is 4.79 Å². The van der Waals surface area contributed by atoms with Gasteiger partial charge in [0.15, 0.2) is 0 Å². The number of nitrogens with zero attached hydrogens (tertiary/aromatic N) is 1. The molecule has 0 unspecified atom stereocenters. The van der Waals surface area contributed by atoms with Crippen molar-refractivity contribution in [3.05, 3.63) is 66.0 Å². The Kier molecular flexibility index (Phi) is 8.01. The molecule has 0 radical (unpaired) electrons. The summed E-state index contributed by atoms with van der Waals surface area (Å²) in [5, 5.41) is 14.9. The summed E-state index contributed by atoms with van der Waals surface area (Å²) in [6.07, 6.45) is 12.6. The molecule has 3 rings (SSSR count). The maximum atomic E-state index is 12.4. The lowest BCUT2D eigenvalue weighted by molar-refractivity contribution is -0.137. The molecule has 0 atom stereocenters. The van der Waals surface area contributed by atoms with Crippen LogP contribution < -0.4 is 10.6 Å². The highest BCUT2D eigenvalue weighted by atomic mass is 16.4. The van der Waals surface area contributed by atoms with Crippen molar-refractivity contribution in [1.82, 2.24) is 10.3 Å². The van der Waals surface area contributed by atoms with E-state index in [-0.39, 0.29) is 18.5 Å². The Balaban J connectivity index is 1.72. The maximum Gasteiger partial charge on any atom is 0.319 e. The number of carbonyl (C=O) groups excluding carboxylic acids is 1. The molecule has 6 heteroatoms. The molecule has 6 nitrogen and oxygen atoms in total. The van der Waals surface area contributed by atoms with Gasteiger partial charge in [-0.2, -0.15) is 0 Å². The van der Waals surface area contributed by atoms with Gasteiger partial charge in [-0.3, -0.25) is 9.78 Å². The van der Waals surface area contributed by atoms with Gasteiger partial charge in [-0.15, -0.1) is 0 Å². The molecule has 1 aliphatic rings. The van der Waals surface area contributed by atoms with E-state index in [1.165, 1.54) is 19.3 Å². The largest absolute Gasteiger partial charge is 0.481 e. The lowest BCUT2D eigenvalue weighted by Gasteiger charge is -2.23. The first-order valence-corrected chi connectivity index (χ1v) is 10.6. The number of carboxylic acid groups (broad SMARTS) is 1. The van der Waals surface area contributed by atoms with E-state index in [0.717, 1.165) is 35.2 Å². The first kappa shape index (κ1) is 21.6. The number of urea groups is 1. The predicted octanol–water partition coefficient (Wildman–Crippen LogP) is 5.22. The van der Waals surface area contributed by atoms with Crippen LogP contribution >= 0.6 is 0 Å². The molecule has 0 aliphatic heterocycles.